The van der Waals surface area contributed by atoms with E-state index in [1.54, 1.807) is 6.20 Å². The standard InChI is InChI=1S/C19H24N6OS/c1-5-13(2)25-16(11-12-20-25)21-18(26)14(3)27-19-23-22-17(24(19)4)15-9-7-6-8-10-15/h6-14H,5H2,1-4H3,(H,21,26)/t13-,14+/m0/s1. The van der Waals surface area contributed by atoms with E-state index in [1.807, 2.05) is 59.6 Å². The van der Waals surface area contributed by atoms with Gasteiger partial charge in [-0.15, -0.1) is 10.2 Å². The quantitative estimate of drug-likeness (QED) is 0.628. The Morgan fingerprint density at radius 3 is 2.63 bits per heavy atom. The first-order valence-electron chi connectivity index (χ1n) is 8.97. The molecule has 7 nitrogen and oxygen atoms in total. The summed E-state index contributed by atoms with van der Waals surface area (Å²) in [6.45, 7) is 6.03. The Bertz CT molecular complexity index is 904. The lowest BCUT2D eigenvalue weighted by Crippen LogP contribution is -2.25. The number of carbonyl (C=O) groups is 1. The number of aromatic nitrogens is 5. The van der Waals surface area contributed by atoms with Gasteiger partial charge in [-0.3, -0.25) is 4.79 Å². The molecule has 0 saturated carbocycles. The Morgan fingerprint density at radius 2 is 1.93 bits per heavy atom. The zero-order valence-electron chi connectivity index (χ0n) is 16.0. The van der Waals surface area contributed by atoms with Gasteiger partial charge in [0.2, 0.25) is 5.91 Å². The second kappa shape index (κ2) is 8.39. The maximum atomic E-state index is 12.6. The van der Waals surface area contributed by atoms with Crippen molar-refractivity contribution in [2.75, 3.05) is 5.32 Å². The number of hydrogen-bond donors (Lipinski definition) is 1. The van der Waals surface area contributed by atoms with Gasteiger partial charge in [0.1, 0.15) is 5.82 Å². The molecule has 142 valence electrons. The van der Waals surface area contributed by atoms with Gasteiger partial charge >= 0.3 is 0 Å². The van der Waals surface area contributed by atoms with Gasteiger partial charge in [0, 0.05) is 18.7 Å². The molecule has 3 rings (SSSR count). The Hall–Kier alpha value is -2.61. The van der Waals surface area contributed by atoms with Crippen LogP contribution in [0.4, 0.5) is 5.82 Å². The lowest BCUT2D eigenvalue weighted by Gasteiger charge is -2.16. The first-order chi connectivity index (χ1) is 13.0. The molecule has 1 N–H and O–H groups in total. The SMILES string of the molecule is CC[C@H](C)n1nccc1NC(=O)[C@@H](C)Sc1nnc(-c2ccccc2)n1C. The van der Waals surface area contributed by atoms with E-state index in [4.69, 9.17) is 0 Å². The van der Waals surface area contributed by atoms with Crippen molar-refractivity contribution in [2.45, 2.75) is 43.6 Å². The number of nitrogens with zero attached hydrogens (tertiary/aromatic N) is 5. The topological polar surface area (TPSA) is 77.6 Å². The maximum absolute atomic E-state index is 12.6. The fraction of sp³-hybridized carbons (Fsp3) is 0.368. The van der Waals surface area contributed by atoms with Gasteiger partial charge in [-0.25, -0.2) is 4.68 Å². The van der Waals surface area contributed by atoms with Gasteiger partial charge < -0.3 is 9.88 Å². The van der Waals surface area contributed by atoms with Gasteiger partial charge in [-0.1, -0.05) is 49.0 Å². The van der Waals surface area contributed by atoms with Gasteiger partial charge in [0.05, 0.1) is 17.5 Å². The minimum absolute atomic E-state index is 0.0886. The third-order valence-electron chi connectivity index (χ3n) is 4.45. The van der Waals surface area contributed by atoms with Crippen LogP contribution in [0.25, 0.3) is 11.4 Å². The molecule has 2 aromatic heterocycles. The van der Waals surface area contributed by atoms with Crippen LogP contribution >= 0.6 is 11.8 Å². The van der Waals surface area contributed by atoms with Crippen LogP contribution in [0.3, 0.4) is 0 Å². The summed E-state index contributed by atoms with van der Waals surface area (Å²) in [6.07, 6.45) is 2.64. The smallest absolute Gasteiger partial charge is 0.238 e. The number of rotatable bonds is 7. The van der Waals surface area contributed by atoms with Crippen molar-refractivity contribution in [3.8, 4) is 11.4 Å². The Morgan fingerprint density at radius 1 is 1.19 bits per heavy atom. The maximum Gasteiger partial charge on any atom is 0.238 e. The summed E-state index contributed by atoms with van der Waals surface area (Å²) in [7, 11) is 1.91. The second-order valence-corrected chi connectivity index (χ2v) is 7.71. The van der Waals surface area contributed by atoms with Crippen LogP contribution in [0.15, 0.2) is 47.8 Å². The van der Waals surface area contributed by atoms with Crippen LogP contribution in [-0.4, -0.2) is 35.7 Å². The Kier molecular flexibility index (Phi) is 5.95. The highest BCUT2D eigenvalue weighted by atomic mass is 32.2. The molecule has 0 aliphatic rings. The highest BCUT2D eigenvalue weighted by Gasteiger charge is 2.21. The Balaban J connectivity index is 1.69. The molecule has 0 bridgehead atoms. The summed E-state index contributed by atoms with van der Waals surface area (Å²) in [6, 6.07) is 11.9. The largest absolute Gasteiger partial charge is 0.310 e. The van der Waals surface area contributed by atoms with Crippen molar-refractivity contribution in [3.05, 3.63) is 42.6 Å². The molecule has 8 heteroatoms. The number of anilines is 1. The van der Waals surface area contributed by atoms with E-state index in [9.17, 15) is 4.79 Å². The van der Waals surface area contributed by atoms with Crippen molar-refractivity contribution >= 4 is 23.5 Å². The van der Waals surface area contributed by atoms with E-state index in [0.717, 1.165) is 17.8 Å². The zero-order chi connectivity index (χ0) is 19.4. The predicted molar refractivity (Wildman–Crippen MR) is 108 cm³/mol. The number of benzene rings is 1. The molecule has 0 unspecified atom stereocenters. The molecule has 0 saturated heterocycles. The molecular formula is C19H24N6OS. The number of carbonyl (C=O) groups excluding carboxylic acids is 1. The van der Waals surface area contributed by atoms with Crippen LogP contribution in [0, 0.1) is 0 Å². The number of thioether (sulfide) groups is 1. The molecular weight excluding hydrogens is 360 g/mol. The van der Waals surface area contributed by atoms with Gasteiger partial charge in [-0.05, 0) is 20.3 Å². The van der Waals surface area contributed by atoms with Crippen molar-refractivity contribution in [2.24, 2.45) is 7.05 Å². The summed E-state index contributed by atoms with van der Waals surface area (Å²) >= 11 is 1.38. The fourth-order valence-electron chi connectivity index (χ4n) is 2.63. The average Bonchev–Trinajstić information content (AvgIpc) is 3.29. The van der Waals surface area contributed by atoms with Crippen LogP contribution in [-0.2, 0) is 11.8 Å². The summed E-state index contributed by atoms with van der Waals surface area (Å²) in [5.41, 5.74) is 0.994. The van der Waals surface area contributed by atoms with Crippen LogP contribution < -0.4 is 5.32 Å². The van der Waals surface area contributed by atoms with E-state index in [1.165, 1.54) is 11.8 Å². The van der Waals surface area contributed by atoms with Crippen LogP contribution in [0.1, 0.15) is 33.2 Å². The van der Waals surface area contributed by atoms with Crippen molar-refractivity contribution in [1.29, 1.82) is 0 Å². The minimum Gasteiger partial charge on any atom is -0.310 e. The molecule has 1 aromatic carbocycles. The van der Waals surface area contributed by atoms with E-state index < -0.39 is 0 Å². The summed E-state index contributed by atoms with van der Waals surface area (Å²) in [5, 5.41) is 16.2. The molecule has 2 heterocycles. The second-order valence-electron chi connectivity index (χ2n) is 6.40. The summed E-state index contributed by atoms with van der Waals surface area (Å²) in [4.78, 5) is 12.6. The first kappa shape index (κ1) is 19.2. The van der Waals surface area contributed by atoms with E-state index in [2.05, 4.69) is 34.5 Å². The summed E-state index contributed by atoms with van der Waals surface area (Å²) in [5.74, 6) is 1.40. The monoisotopic (exact) mass is 384 g/mol. The molecule has 0 spiro atoms. The fourth-order valence-corrected chi connectivity index (χ4v) is 3.45. The first-order valence-corrected chi connectivity index (χ1v) is 9.85. The third kappa shape index (κ3) is 4.21. The van der Waals surface area contributed by atoms with Crippen LogP contribution in [0.5, 0.6) is 0 Å². The molecule has 1 amide bonds. The normalized spacial score (nSPS) is 13.3. The Labute approximate surface area is 163 Å². The molecule has 0 fully saturated rings. The number of hydrogen-bond acceptors (Lipinski definition) is 5. The lowest BCUT2D eigenvalue weighted by molar-refractivity contribution is -0.115. The third-order valence-corrected chi connectivity index (χ3v) is 5.58. The van der Waals surface area contributed by atoms with Gasteiger partial charge in [0.25, 0.3) is 0 Å². The van der Waals surface area contributed by atoms with Crippen LogP contribution in [0.2, 0.25) is 0 Å². The van der Waals surface area contributed by atoms with E-state index >= 15 is 0 Å². The number of nitrogens with one attached hydrogen (secondary N) is 1. The van der Waals surface area contributed by atoms with E-state index in [0.29, 0.717) is 11.0 Å². The summed E-state index contributed by atoms with van der Waals surface area (Å²) < 4.78 is 3.75. The van der Waals surface area contributed by atoms with Gasteiger partial charge in [0.15, 0.2) is 11.0 Å². The van der Waals surface area contributed by atoms with Crippen molar-refractivity contribution in [1.82, 2.24) is 24.5 Å². The van der Waals surface area contributed by atoms with Crippen molar-refractivity contribution < 1.29 is 4.79 Å². The molecule has 0 aliphatic heterocycles. The van der Waals surface area contributed by atoms with E-state index in [-0.39, 0.29) is 17.2 Å². The molecule has 0 aliphatic carbocycles. The highest BCUT2D eigenvalue weighted by molar-refractivity contribution is 8.00. The lowest BCUT2D eigenvalue weighted by atomic mass is 10.2. The molecule has 2 atom stereocenters. The molecule has 0 radical (unpaired) electrons. The molecule has 3 aromatic rings. The highest BCUT2D eigenvalue weighted by Crippen LogP contribution is 2.26. The van der Waals surface area contributed by atoms with Gasteiger partial charge in [-0.2, -0.15) is 5.10 Å². The zero-order valence-corrected chi connectivity index (χ0v) is 16.8. The predicted octanol–water partition coefficient (Wildman–Crippen LogP) is 3.77. The number of amides is 1. The molecule has 27 heavy (non-hydrogen) atoms. The minimum atomic E-state index is -0.322. The average molecular weight is 385 g/mol. The van der Waals surface area contributed by atoms with Crippen molar-refractivity contribution in [3.63, 3.8) is 0 Å².